The van der Waals surface area contributed by atoms with Crippen molar-refractivity contribution in [1.82, 2.24) is 0 Å². The van der Waals surface area contributed by atoms with Crippen molar-refractivity contribution in [3.63, 3.8) is 0 Å². The fourth-order valence-corrected chi connectivity index (χ4v) is 2.95. The number of hydrogen-bond acceptors (Lipinski definition) is 4. The number of carbonyl (C=O) groups is 1. The van der Waals surface area contributed by atoms with Crippen molar-refractivity contribution in [2.45, 2.75) is 32.4 Å². The lowest BCUT2D eigenvalue weighted by atomic mass is 10.0. The minimum absolute atomic E-state index is 0.00231. The highest BCUT2D eigenvalue weighted by Gasteiger charge is 2.36. The molecule has 1 atom stereocenters. The van der Waals surface area contributed by atoms with Gasteiger partial charge in [0.25, 0.3) is 5.91 Å². The monoisotopic (exact) mass is 327 g/mol. The molecule has 0 aromatic heterocycles. The average Bonchev–Trinajstić information content (AvgIpc) is 2.55. The van der Waals surface area contributed by atoms with Gasteiger partial charge in [0.15, 0.2) is 6.10 Å². The lowest BCUT2D eigenvalue weighted by Gasteiger charge is -2.37. The van der Waals surface area contributed by atoms with Crippen molar-refractivity contribution in [3.8, 4) is 17.2 Å². The number of rotatable bonds is 4. The summed E-state index contributed by atoms with van der Waals surface area (Å²) in [5, 5.41) is 9.72. The molecule has 1 aliphatic rings. The summed E-state index contributed by atoms with van der Waals surface area (Å²) in [4.78, 5) is 14.6. The van der Waals surface area contributed by atoms with Gasteiger partial charge in [-0.2, -0.15) is 0 Å². The van der Waals surface area contributed by atoms with E-state index in [2.05, 4.69) is 0 Å². The first-order valence-electron chi connectivity index (χ1n) is 7.95. The standard InChI is InChI=1S/C19H21NO4/c1-12(2)20-16-8-7-14(21)11-17(16)24-18(19(20)22)10-13-5-4-6-15(9-13)23-3/h4-9,11-12,18,21H,10H2,1-3H3. The van der Waals surface area contributed by atoms with Crippen LogP contribution in [0.15, 0.2) is 42.5 Å². The largest absolute Gasteiger partial charge is 0.508 e. The van der Waals surface area contributed by atoms with Gasteiger partial charge in [0.2, 0.25) is 0 Å². The molecule has 0 spiro atoms. The molecule has 1 unspecified atom stereocenters. The molecule has 5 heteroatoms. The van der Waals surface area contributed by atoms with Gasteiger partial charge in [-0.25, -0.2) is 0 Å². The summed E-state index contributed by atoms with van der Waals surface area (Å²) in [7, 11) is 1.61. The van der Waals surface area contributed by atoms with Crippen LogP contribution in [0.1, 0.15) is 19.4 Å². The molecule has 1 aliphatic heterocycles. The SMILES string of the molecule is COc1cccc(CC2Oc3cc(O)ccc3N(C(C)C)C2=O)c1. The van der Waals surface area contributed by atoms with Crippen LogP contribution in [-0.2, 0) is 11.2 Å². The van der Waals surface area contributed by atoms with Gasteiger partial charge in [0.1, 0.15) is 17.2 Å². The van der Waals surface area contributed by atoms with Crippen LogP contribution in [-0.4, -0.2) is 30.3 Å². The molecule has 0 fully saturated rings. The molecule has 5 nitrogen and oxygen atoms in total. The minimum atomic E-state index is -0.631. The van der Waals surface area contributed by atoms with Crippen LogP contribution in [0.25, 0.3) is 0 Å². The number of anilines is 1. The third-order valence-corrected chi connectivity index (χ3v) is 4.06. The number of hydrogen-bond donors (Lipinski definition) is 1. The number of carbonyl (C=O) groups excluding carboxylic acids is 1. The Morgan fingerprint density at radius 1 is 1.25 bits per heavy atom. The summed E-state index contributed by atoms with van der Waals surface area (Å²) >= 11 is 0. The van der Waals surface area contributed by atoms with Crippen LogP contribution in [0.4, 0.5) is 5.69 Å². The summed E-state index contributed by atoms with van der Waals surface area (Å²) < 4.78 is 11.1. The predicted molar refractivity (Wildman–Crippen MR) is 91.8 cm³/mol. The zero-order valence-corrected chi connectivity index (χ0v) is 14.0. The van der Waals surface area contributed by atoms with Gasteiger partial charge in [0, 0.05) is 18.5 Å². The molecular weight excluding hydrogens is 306 g/mol. The van der Waals surface area contributed by atoms with E-state index in [9.17, 15) is 9.90 Å². The van der Waals surface area contributed by atoms with Crippen LogP contribution >= 0.6 is 0 Å². The first kappa shape index (κ1) is 16.2. The molecule has 0 saturated carbocycles. The molecule has 1 heterocycles. The first-order chi connectivity index (χ1) is 11.5. The molecule has 0 aliphatic carbocycles. The van der Waals surface area contributed by atoms with Crippen molar-refractivity contribution < 1.29 is 19.4 Å². The number of ether oxygens (including phenoxy) is 2. The maximum atomic E-state index is 12.9. The molecule has 2 aromatic carbocycles. The van der Waals surface area contributed by atoms with Gasteiger partial charge >= 0.3 is 0 Å². The Morgan fingerprint density at radius 2 is 2.04 bits per heavy atom. The van der Waals surface area contributed by atoms with E-state index in [0.29, 0.717) is 17.9 Å². The number of aromatic hydroxyl groups is 1. The van der Waals surface area contributed by atoms with Crippen LogP contribution < -0.4 is 14.4 Å². The number of nitrogens with zero attached hydrogens (tertiary/aromatic N) is 1. The minimum Gasteiger partial charge on any atom is -0.508 e. The van der Waals surface area contributed by atoms with E-state index in [1.165, 1.54) is 0 Å². The Bertz CT molecular complexity index is 757. The summed E-state index contributed by atoms with van der Waals surface area (Å²) in [6, 6.07) is 12.4. The lowest BCUT2D eigenvalue weighted by molar-refractivity contribution is -0.126. The Labute approximate surface area is 141 Å². The summed E-state index contributed by atoms with van der Waals surface area (Å²) in [6.07, 6.45) is -0.192. The van der Waals surface area contributed by atoms with Gasteiger partial charge < -0.3 is 19.5 Å². The van der Waals surface area contributed by atoms with E-state index in [1.54, 1.807) is 30.2 Å². The van der Waals surface area contributed by atoms with Crippen LogP contribution in [0, 0.1) is 0 Å². The molecule has 126 valence electrons. The topological polar surface area (TPSA) is 59.0 Å². The molecule has 2 aromatic rings. The van der Waals surface area contributed by atoms with Crippen molar-refractivity contribution in [3.05, 3.63) is 48.0 Å². The summed E-state index contributed by atoms with van der Waals surface area (Å²) in [5.74, 6) is 1.31. The fourth-order valence-electron chi connectivity index (χ4n) is 2.95. The Kier molecular flexibility index (Phi) is 4.34. The number of amides is 1. The number of phenolic OH excluding ortho intramolecular Hbond substituents is 1. The third-order valence-electron chi connectivity index (χ3n) is 4.06. The molecule has 0 bridgehead atoms. The molecule has 3 rings (SSSR count). The third kappa shape index (κ3) is 3.02. The summed E-state index contributed by atoms with van der Waals surface area (Å²) in [6.45, 7) is 3.92. The summed E-state index contributed by atoms with van der Waals surface area (Å²) in [5.41, 5.74) is 1.65. The van der Waals surface area contributed by atoms with Gasteiger partial charge in [0.05, 0.1) is 12.8 Å². The molecule has 0 saturated heterocycles. The molecule has 1 N–H and O–H groups in total. The van der Waals surface area contributed by atoms with E-state index in [0.717, 1.165) is 11.3 Å². The number of benzene rings is 2. The molecule has 0 radical (unpaired) electrons. The predicted octanol–water partition coefficient (Wildman–Crippen LogP) is 3.15. The van der Waals surface area contributed by atoms with Crippen LogP contribution in [0.5, 0.6) is 17.2 Å². The van der Waals surface area contributed by atoms with Crippen molar-refractivity contribution in [2.75, 3.05) is 12.0 Å². The maximum Gasteiger partial charge on any atom is 0.268 e. The average molecular weight is 327 g/mol. The van der Waals surface area contributed by atoms with E-state index in [4.69, 9.17) is 9.47 Å². The molecule has 1 amide bonds. The van der Waals surface area contributed by atoms with E-state index >= 15 is 0 Å². The van der Waals surface area contributed by atoms with Gasteiger partial charge in [-0.3, -0.25) is 4.79 Å². The Balaban J connectivity index is 1.93. The number of phenols is 1. The highest BCUT2D eigenvalue weighted by Crippen LogP contribution is 2.38. The fraction of sp³-hybridized carbons (Fsp3) is 0.316. The van der Waals surface area contributed by atoms with Gasteiger partial charge in [-0.15, -0.1) is 0 Å². The second-order valence-electron chi connectivity index (χ2n) is 6.12. The normalized spacial score (nSPS) is 16.8. The van der Waals surface area contributed by atoms with E-state index in [-0.39, 0.29) is 17.7 Å². The number of methoxy groups -OCH3 is 1. The quantitative estimate of drug-likeness (QED) is 0.937. The lowest BCUT2D eigenvalue weighted by Crippen LogP contribution is -2.49. The van der Waals surface area contributed by atoms with Crippen molar-refractivity contribution in [1.29, 1.82) is 0 Å². The van der Waals surface area contributed by atoms with Crippen LogP contribution in [0.2, 0.25) is 0 Å². The smallest absolute Gasteiger partial charge is 0.268 e. The van der Waals surface area contributed by atoms with E-state index < -0.39 is 6.10 Å². The highest BCUT2D eigenvalue weighted by atomic mass is 16.5. The van der Waals surface area contributed by atoms with E-state index in [1.807, 2.05) is 38.1 Å². The van der Waals surface area contributed by atoms with Crippen molar-refractivity contribution >= 4 is 11.6 Å². The second-order valence-corrected chi connectivity index (χ2v) is 6.12. The number of fused-ring (bicyclic) bond motifs is 1. The van der Waals surface area contributed by atoms with Gasteiger partial charge in [-0.05, 0) is 43.7 Å². The van der Waals surface area contributed by atoms with Crippen molar-refractivity contribution in [2.24, 2.45) is 0 Å². The zero-order chi connectivity index (χ0) is 17.3. The zero-order valence-electron chi connectivity index (χ0n) is 14.0. The second kappa shape index (κ2) is 6.43. The Morgan fingerprint density at radius 3 is 2.75 bits per heavy atom. The Hall–Kier alpha value is -2.69. The molecular formula is C19H21NO4. The first-order valence-corrected chi connectivity index (χ1v) is 7.95. The van der Waals surface area contributed by atoms with Crippen LogP contribution in [0.3, 0.4) is 0 Å². The van der Waals surface area contributed by atoms with Gasteiger partial charge in [-0.1, -0.05) is 12.1 Å². The molecule has 24 heavy (non-hydrogen) atoms. The maximum absolute atomic E-state index is 12.9. The highest BCUT2D eigenvalue weighted by molar-refractivity contribution is 6.00.